The van der Waals surface area contributed by atoms with Crippen LogP contribution < -0.4 is 4.74 Å². The number of furan rings is 1. The molecule has 1 N–H and O–H groups in total. The van der Waals surface area contributed by atoms with Gasteiger partial charge in [-0.15, -0.1) is 0 Å². The highest BCUT2D eigenvalue weighted by Gasteiger charge is 2.28. The number of fused-ring (bicyclic) bond motifs is 3. The summed E-state index contributed by atoms with van der Waals surface area (Å²) in [6.07, 6.45) is 0. The number of aliphatic hydroxyl groups is 1. The quantitative estimate of drug-likeness (QED) is 0.539. The van der Waals surface area contributed by atoms with E-state index in [4.69, 9.17) is 14.3 Å². The molecule has 0 saturated carbocycles. The number of hydrogen-bond acceptors (Lipinski definition) is 6. The number of ether oxygens (including phenoxy) is 1. The van der Waals surface area contributed by atoms with Crippen LogP contribution in [0.25, 0.3) is 21.7 Å². The maximum Gasteiger partial charge on any atom is 0.308 e. The number of carbonyl (C=O) groups excluding carboxylic acids is 2. The fourth-order valence-corrected chi connectivity index (χ4v) is 3.98. The molecule has 1 saturated heterocycles. The summed E-state index contributed by atoms with van der Waals surface area (Å²) >= 11 is 0. The van der Waals surface area contributed by atoms with Crippen molar-refractivity contribution in [3.63, 3.8) is 0 Å². The largest absolute Gasteiger partial charge is 0.460 e. The van der Waals surface area contributed by atoms with Crippen molar-refractivity contribution in [1.29, 1.82) is 0 Å². The molecule has 0 unspecified atom stereocenters. The van der Waals surface area contributed by atoms with Gasteiger partial charge in [0.1, 0.15) is 17.1 Å². The van der Waals surface area contributed by atoms with E-state index in [9.17, 15) is 9.59 Å². The zero-order valence-electron chi connectivity index (χ0n) is 16.6. The van der Waals surface area contributed by atoms with Crippen molar-refractivity contribution in [2.75, 3.05) is 39.3 Å². The van der Waals surface area contributed by atoms with Gasteiger partial charge in [0.2, 0.25) is 0 Å². The first-order valence-electron chi connectivity index (χ1n) is 9.75. The third-order valence-corrected chi connectivity index (χ3v) is 5.38. The molecule has 29 heavy (non-hydrogen) atoms. The average Bonchev–Trinajstić information content (AvgIpc) is 3.04. The Labute approximate surface area is 168 Å². The normalized spacial score (nSPS) is 15.2. The molecule has 2 heterocycles. The van der Waals surface area contributed by atoms with Gasteiger partial charge in [0.15, 0.2) is 0 Å². The molecule has 1 amide bonds. The number of aryl methyl sites for hydroxylation is 1. The van der Waals surface area contributed by atoms with Gasteiger partial charge in [-0.25, -0.2) is 0 Å². The lowest BCUT2D eigenvalue weighted by Crippen LogP contribution is -2.49. The van der Waals surface area contributed by atoms with Crippen molar-refractivity contribution in [2.45, 2.75) is 13.8 Å². The van der Waals surface area contributed by atoms with E-state index in [1.807, 2.05) is 29.2 Å². The standard InChI is InChI=1S/C22H24N2O5/c1-14-20(22(27)24-9-7-23(8-10-24)11-12-25)18-13-19(29-15(2)26)16-5-3-4-6-17(16)21(18)28-14/h3-6,13,25H,7-12H2,1-2H3. The second-order valence-electron chi connectivity index (χ2n) is 7.28. The number of nitrogens with zero attached hydrogens (tertiary/aromatic N) is 2. The molecule has 1 aromatic heterocycles. The van der Waals surface area contributed by atoms with E-state index in [-0.39, 0.29) is 12.5 Å². The van der Waals surface area contributed by atoms with E-state index < -0.39 is 5.97 Å². The van der Waals surface area contributed by atoms with Crippen LogP contribution in [-0.2, 0) is 4.79 Å². The molecule has 2 aromatic carbocycles. The van der Waals surface area contributed by atoms with Gasteiger partial charge in [-0.1, -0.05) is 24.3 Å². The molecule has 1 fully saturated rings. The Balaban J connectivity index is 1.77. The second kappa shape index (κ2) is 7.85. The van der Waals surface area contributed by atoms with Gasteiger partial charge >= 0.3 is 5.97 Å². The van der Waals surface area contributed by atoms with Crippen LogP contribution in [0.1, 0.15) is 23.0 Å². The lowest BCUT2D eigenvalue weighted by molar-refractivity contribution is -0.131. The molecule has 0 spiro atoms. The smallest absolute Gasteiger partial charge is 0.308 e. The fourth-order valence-electron chi connectivity index (χ4n) is 3.98. The Bertz CT molecular complexity index is 1080. The third kappa shape index (κ3) is 3.59. The number of amides is 1. The van der Waals surface area contributed by atoms with Crippen molar-refractivity contribution in [1.82, 2.24) is 9.80 Å². The van der Waals surface area contributed by atoms with Crippen LogP contribution in [0.4, 0.5) is 0 Å². The molecule has 0 radical (unpaired) electrons. The molecule has 152 valence electrons. The highest BCUT2D eigenvalue weighted by atomic mass is 16.5. The van der Waals surface area contributed by atoms with Crippen LogP contribution in [0, 0.1) is 6.92 Å². The first-order chi connectivity index (χ1) is 14.0. The minimum Gasteiger partial charge on any atom is -0.460 e. The SMILES string of the molecule is CC(=O)Oc1cc2c(C(=O)N3CCN(CCO)CC3)c(C)oc2c2ccccc12. The Morgan fingerprint density at radius 2 is 1.79 bits per heavy atom. The van der Waals surface area contributed by atoms with Crippen molar-refractivity contribution in [2.24, 2.45) is 0 Å². The Kier molecular flexibility index (Phi) is 5.25. The van der Waals surface area contributed by atoms with Crippen molar-refractivity contribution >= 4 is 33.6 Å². The van der Waals surface area contributed by atoms with E-state index in [0.29, 0.717) is 47.7 Å². The van der Waals surface area contributed by atoms with Gasteiger partial charge in [0.25, 0.3) is 5.91 Å². The van der Waals surface area contributed by atoms with Crippen LogP contribution in [0.2, 0.25) is 0 Å². The van der Waals surface area contributed by atoms with E-state index >= 15 is 0 Å². The molecule has 4 rings (SSSR count). The lowest BCUT2D eigenvalue weighted by atomic mass is 10.0. The van der Waals surface area contributed by atoms with Gasteiger partial charge in [0, 0.05) is 55.8 Å². The monoisotopic (exact) mass is 396 g/mol. The molecule has 1 aliphatic heterocycles. The average molecular weight is 396 g/mol. The van der Waals surface area contributed by atoms with Crippen LogP contribution in [0.3, 0.4) is 0 Å². The topological polar surface area (TPSA) is 83.2 Å². The Hall–Kier alpha value is -2.90. The first-order valence-corrected chi connectivity index (χ1v) is 9.75. The molecular formula is C22H24N2O5. The minimum atomic E-state index is -0.414. The minimum absolute atomic E-state index is 0.0889. The van der Waals surface area contributed by atoms with Gasteiger partial charge in [-0.05, 0) is 13.0 Å². The van der Waals surface area contributed by atoms with E-state index in [1.165, 1.54) is 6.92 Å². The van der Waals surface area contributed by atoms with Gasteiger partial charge < -0.3 is 19.2 Å². The van der Waals surface area contributed by atoms with Crippen molar-refractivity contribution in [3.05, 3.63) is 41.7 Å². The van der Waals surface area contributed by atoms with Crippen LogP contribution in [0.5, 0.6) is 5.75 Å². The summed E-state index contributed by atoms with van der Waals surface area (Å²) in [5.41, 5.74) is 1.13. The maximum atomic E-state index is 13.3. The van der Waals surface area contributed by atoms with Crippen LogP contribution >= 0.6 is 0 Å². The molecule has 7 heteroatoms. The number of rotatable bonds is 4. The number of aliphatic hydroxyl groups excluding tert-OH is 1. The third-order valence-electron chi connectivity index (χ3n) is 5.38. The van der Waals surface area contributed by atoms with E-state index in [2.05, 4.69) is 4.90 Å². The number of piperazine rings is 1. The summed E-state index contributed by atoms with van der Waals surface area (Å²) in [5.74, 6) is 0.465. The number of hydrogen-bond donors (Lipinski definition) is 1. The summed E-state index contributed by atoms with van der Waals surface area (Å²) < 4.78 is 11.4. The summed E-state index contributed by atoms with van der Waals surface area (Å²) in [6, 6.07) is 9.25. The molecule has 3 aromatic rings. The predicted octanol–water partition coefficient (Wildman–Crippen LogP) is 2.57. The number of benzene rings is 2. The molecule has 1 aliphatic rings. The number of carbonyl (C=O) groups is 2. The van der Waals surface area contributed by atoms with E-state index in [1.54, 1.807) is 13.0 Å². The predicted molar refractivity (Wildman–Crippen MR) is 109 cm³/mol. The molecule has 0 bridgehead atoms. The van der Waals surface area contributed by atoms with Crippen molar-refractivity contribution < 1.29 is 23.8 Å². The number of esters is 1. The first kappa shape index (κ1) is 19.4. The zero-order chi connectivity index (χ0) is 20.5. The van der Waals surface area contributed by atoms with Gasteiger partial charge in [0.05, 0.1) is 12.2 Å². The number of β-amino-alcohol motifs (C(OH)–C–C–N with tert-alkyl or cyclic N) is 1. The lowest BCUT2D eigenvalue weighted by Gasteiger charge is -2.34. The summed E-state index contributed by atoms with van der Waals surface area (Å²) in [7, 11) is 0. The Morgan fingerprint density at radius 3 is 2.45 bits per heavy atom. The molecule has 0 atom stereocenters. The highest BCUT2D eigenvalue weighted by molar-refractivity contribution is 6.16. The summed E-state index contributed by atoms with van der Waals surface area (Å²) in [5, 5.41) is 11.3. The highest BCUT2D eigenvalue weighted by Crippen LogP contribution is 2.38. The molecule has 7 nitrogen and oxygen atoms in total. The fraction of sp³-hybridized carbons (Fsp3) is 0.364. The summed E-state index contributed by atoms with van der Waals surface area (Å²) in [6.45, 7) is 6.52. The van der Waals surface area contributed by atoms with Crippen molar-refractivity contribution in [3.8, 4) is 5.75 Å². The van der Waals surface area contributed by atoms with Gasteiger partial charge in [-0.2, -0.15) is 0 Å². The van der Waals surface area contributed by atoms with Crippen LogP contribution in [0.15, 0.2) is 34.7 Å². The zero-order valence-corrected chi connectivity index (χ0v) is 16.6. The van der Waals surface area contributed by atoms with Gasteiger partial charge in [-0.3, -0.25) is 14.5 Å². The Morgan fingerprint density at radius 1 is 1.10 bits per heavy atom. The molecule has 0 aliphatic carbocycles. The van der Waals surface area contributed by atoms with E-state index in [0.717, 1.165) is 23.9 Å². The maximum absolute atomic E-state index is 13.3. The summed E-state index contributed by atoms with van der Waals surface area (Å²) in [4.78, 5) is 28.9. The second-order valence-corrected chi connectivity index (χ2v) is 7.28. The molecular weight excluding hydrogens is 372 g/mol. The van der Waals surface area contributed by atoms with Crippen LogP contribution in [-0.4, -0.2) is 66.1 Å².